The van der Waals surface area contributed by atoms with E-state index in [2.05, 4.69) is 59.0 Å². The van der Waals surface area contributed by atoms with Gasteiger partial charge in [0, 0.05) is 23.1 Å². The molecule has 0 saturated carbocycles. The Morgan fingerprint density at radius 2 is 2.05 bits per heavy atom. The first-order valence-corrected chi connectivity index (χ1v) is 7.96. The van der Waals surface area contributed by atoms with Gasteiger partial charge in [0.15, 0.2) is 5.89 Å². The Hall–Kier alpha value is -2.07. The van der Waals surface area contributed by atoms with E-state index >= 15 is 0 Å². The summed E-state index contributed by atoms with van der Waals surface area (Å²) in [6.07, 6.45) is 2.75. The fourth-order valence-corrected chi connectivity index (χ4v) is 3.16. The molecule has 1 N–H and O–H groups in total. The van der Waals surface area contributed by atoms with Gasteiger partial charge in [-0.2, -0.15) is 0 Å². The van der Waals surface area contributed by atoms with Crippen molar-refractivity contribution in [3.8, 4) is 11.3 Å². The summed E-state index contributed by atoms with van der Waals surface area (Å²) in [5, 5.41) is 5.70. The lowest BCUT2D eigenvalue weighted by Gasteiger charge is -2.17. The molecule has 1 unspecified atom stereocenters. The lowest BCUT2D eigenvalue weighted by atomic mass is 10.1. The number of anilines is 1. The van der Waals surface area contributed by atoms with Gasteiger partial charge in [-0.05, 0) is 30.0 Å². The molecule has 0 aliphatic carbocycles. The Kier molecular flexibility index (Phi) is 4.06. The molecule has 0 fully saturated rings. The minimum atomic E-state index is 0.366. The number of nitrogens with zero attached hydrogens (tertiary/aromatic N) is 1. The molecule has 3 rings (SSSR count). The molecule has 3 nitrogen and oxygen atoms in total. The highest BCUT2D eigenvalue weighted by atomic mass is 32.1. The summed E-state index contributed by atoms with van der Waals surface area (Å²) in [4.78, 5) is 5.71. The van der Waals surface area contributed by atoms with Crippen LogP contribution in [0.5, 0.6) is 0 Å². The van der Waals surface area contributed by atoms with Gasteiger partial charge in [0.05, 0.1) is 6.04 Å². The first-order chi connectivity index (χ1) is 10.3. The standard InChI is InChI=1S/C17H18N2OS/c1-3-15(17-5-4-10-21-17)19-14-8-6-13(7-9-14)16-11-20-12(2)18-16/h4-11,15,19H,3H2,1-2H3. The van der Waals surface area contributed by atoms with Crippen molar-refractivity contribution in [2.24, 2.45) is 0 Å². The maximum absolute atomic E-state index is 5.25. The summed E-state index contributed by atoms with van der Waals surface area (Å²) in [6.45, 7) is 4.05. The predicted molar refractivity (Wildman–Crippen MR) is 87.6 cm³/mol. The second kappa shape index (κ2) is 6.14. The minimum Gasteiger partial charge on any atom is -0.449 e. The van der Waals surface area contributed by atoms with E-state index in [0.717, 1.165) is 23.4 Å². The van der Waals surface area contributed by atoms with Crippen LogP contribution in [-0.2, 0) is 0 Å². The predicted octanol–water partition coefficient (Wildman–Crippen LogP) is 5.27. The summed E-state index contributed by atoms with van der Waals surface area (Å²) >= 11 is 1.79. The van der Waals surface area contributed by atoms with Crippen molar-refractivity contribution in [2.45, 2.75) is 26.3 Å². The highest BCUT2D eigenvalue weighted by Gasteiger charge is 2.10. The molecule has 2 heterocycles. The molecule has 0 amide bonds. The van der Waals surface area contributed by atoms with Crippen LogP contribution in [-0.4, -0.2) is 4.98 Å². The highest BCUT2D eigenvalue weighted by Crippen LogP contribution is 2.27. The molecule has 3 aromatic rings. The third-order valence-corrected chi connectivity index (χ3v) is 4.42. The number of hydrogen-bond acceptors (Lipinski definition) is 4. The van der Waals surface area contributed by atoms with Crippen LogP contribution in [0.2, 0.25) is 0 Å². The number of hydrogen-bond donors (Lipinski definition) is 1. The van der Waals surface area contributed by atoms with E-state index in [0.29, 0.717) is 11.9 Å². The van der Waals surface area contributed by atoms with Crippen molar-refractivity contribution in [3.63, 3.8) is 0 Å². The number of nitrogens with one attached hydrogen (secondary N) is 1. The quantitative estimate of drug-likeness (QED) is 0.697. The van der Waals surface area contributed by atoms with E-state index in [1.54, 1.807) is 17.6 Å². The van der Waals surface area contributed by atoms with Gasteiger partial charge in [0.2, 0.25) is 0 Å². The van der Waals surface area contributed by atoms with Gasteiger partial charge in [-0.1, -0.05) is 25.1 Å². The molecule has 1 aromatic carbocycles. The lowest BCUT2D eigenvalue weighted by Crippen LogP contribution is -2.07. The van der Waals surface area contributed by atoms with Gasteiger partial charge in [-0.25, -0.2) is 4.98 Å². The summed E-state index contributed by atoms with van der Waals surface area (Å²) in [5.74, 6) is 0.691. The average Bonchev–Trinajstić information content (AvgIpc) is 3.17. The second-order valence-electron chi connectivity index (χ2n) is 4.95. The molecule has 1 atom stereocenters. The third-order valence-electron chi connectivity index (χ3n) is 3.44. The van der Waals surface area contributed by atoms with Crippen LogP contribution in [0.15, 0.2) is 52.5 Å². The Bertz CT molecular complexity index is 686. The molecule has 0 bridgehead atoms. The van der Waals surface area contributed by atoms with Gasteiger partial charge in [-0.3, -0.25) is 0 Å². The fraction of sp³-hybridized carbons (Fsp3) is 0.235. The van der Waals surface area contributed by atoms with E-state index in [1.165, 1.54) is 4.88 Å². The zero-order chi connectivity index (χ0) is 14.7. The van der Waals surface area contributed by atoms with E-state index in [-0.39, 0.29) is 0 Å². The van der Waals surface area contributed by atoms with Crippen LogP contribution in [0.25, 0.3) is 11.3 Å². The first-order valence-electron chi connectivity index (χ1n) is 7.08. The molecular formula is C17H18N2OS. The van der Waals surface area contributed by atoms with Crippen molar-refractivity contribution in [3.05, 3.63) is 58.8 Å². The monoisotopic (exact) mass is 298 g/mol. The summed E-state index contributed by atoms with van der Waals surface area (Å²) < 4.78 is 5.25. The summed E-state index contributed by atoms with van der Waals surface area (Å²) in [5.41, 5.74) is 3.07. The van der Waals surface area contributed by atoms with E-state index in [1.807, 2.05) is 6.92 Å². The first kappa shape index (κ1) is 13.9. The molecule has 0 spiro atoms. The summed E-state index contributed by atoms with van der Waals surface area (Å²) in [7, 11) is 0. The molecule has 0 radical (unpaired) electrons. The average molecular weight is 298 g/mol. The van der Waals surface area contributed by atoms with Crippen molar-refractivity contribution < 1.29 is 4.42 Å². The van der Waals surface area contributed by atoms with Crippen LogP contribution in [0.1, 0.15) is 30.2 Å². The third kappa shape index (κ3) is 3.16. The molecule has 0 saturated heterocycles. The smallest absolute Gasteiger partial charge is 0.191 e. The molecule has 2 aromatic heterocycles. The van der Waals surface area contributed by atoms with Gasteiger partial charge in [0.1, 0.15) is 12.0 Å². The minimum absolute atomic E-state index is 0.366. The largest absolute Gasteiger partial charge is 0.449 e. The van der Waals surface area contributed by atoms with Crippen molar-refractivity contribution in [2.75, 3.05) is 5.32 Å². The zero-order valence-corrected chi connectivity index (χ0v) is 13.0. The normalized spacial score (nSPS) is 12.3. The van der Waals surface area contributed by atoms with E-state index in [9.17, 15) is 0 Å². The van der Waals surface area contributed by atoms with E-state index in [4.69, 9.17) is 4.42 Å². The van der Waals surface area contributed by atoms with Crippen LogP contribution >= 0.6 is 11.3 Å². The van der Waals surface area contributed by atoms with Crippen LogP contribution in [0.3, 0.4) is 0 Å². The van der Waals surface area contributed by atoms with Gasteiger partial charge < -0.3 is 9.73 Å². The Balaban J connectivity index is 1.75. The van der Waals surface area contributed by atoms with Crippen molar-refractivity contribution >= 4 is 17.0 Å². The number of benzene rings is 1. The van der Waals surface area contributed by atoms with Gasteiger partial charge in [-0.15, -0.1) is 11.3 Å². The zero-order valence-electron chi connectivity index (χ0n) is 12.2. The fourth-order valence-electron chi connectivity index (χ4n) is 2.30. The summed E-state index contributed by atoms with van der Waals surface area (Å²) in [6, 6.07) is 13.0. The van der Waals surface area contributed by atoms with Crippen LogP contribution < -0.4 is 5.32 Å². The molecule has 0 aliphatic heterocycles. The molecule has 0 aliphatic rings. The number of rotatable bonds is 5. The maximum Gasteiger partial charge on any atom is 0.191 e. The maximum atomic E-state index is 5.25. The molecule has 108 valence electrons. The molecule has 21 heavy (non-hydrogen) atoms. The lowest BCUT2D eigenvalue weighted by molar-refractivity contribution is 0.521. The highest BCUT2D eigenvalue weighted by molar-refractivity contribution is 7.10. The molecular weight excluding hydrogens is 280 g/mol. The SMILES string of the molecule is CCC(Nc1ccc(-c2coc(C)n2)cc1)c1cccs1. The van der Waals surface area contributed by atoms with Gasteiger partial charge in [0.25, 0.3) is 0 Å². The second-order valence-corrected chi connectivity index (χ2v) is 5.93. The van der Waals surface area contributed by atoms with Crippen molar-refractivity contribution in [1.82, 2.24) is 4.98 Å². The van der Waals surface area contributed by atoms with Crippen molar-refractivity contribution in [1.29, 1.82) is 0 Å². The number of aryl methyl sites for hydroxylation is 1. The van der Waals surface area contributed by atoms with Crippen LogP contribution in [0.4, 0.5) is 5.69 Å². The Labute approximate surface area is 128 Å². The van der Waals surface area contributed by atoms with Crippen LogP contribution in [0, 0.1) is 6.92 Å². The molecule has 4 heteroatoms. The number of thiophene rings is 1. The van der Waals surface area contributed by atoms with Gasteiger partial charge >= 0.3 is 0 Å². The topological polar surface area (TPSA) is 38.1 Å². The Morgan fingerprint density at radius 3 is 2.62 bits per heavy atom. The number of aromatic nitrogens is 1. The Morgan fingerprint density at radius 1 is 1.24 bits per heavy atom. The van der Waals surface area contributed by atoms with E-state index < -0.39 is 0 Å². The number of oxazole rings is 1.